The van der Waals surface area contributed by atoms with Crippen LogP contribution in [-0.2, 0) is 6.54 Å². The molecule has 0 fully saturated rings. The van der Waals surface area contributed by atoms with Crippen molar-refractivity contribution in [2.45, 2.75) is 12.6 Å². The van der Waals surface area contributed by atoms with E-state index in [4.69, 9.17) is 0 Å². The smallest absolute Gasteiger partial charge is 0.120 e. The molecule has 0 radical (unpaired) electrons. The molecule has 0 aliphatic rings. The molecular formula is C17H17NO2S. The van der Waals surface area contributed by atoms with Crippen LogP contribution in [0.1, 0.15) is 16.5 Å². The number of hydrogen-bond donors (Lipinski definition) is 3. The summed E-state index contributed by atoms with van der Waals surface area (Å²) in [5, 5.41) is 24.3. The van der Waals surface area contributed by atoms with Gasteiger partial charge in [0.15, 0.2) is 0 Å². The lowest BCUT2D eigenvalue weighted by atomic mass is 10.2. The van der Waals surface area contributed by atoms with E-state index in [9.17, 15) is 10.2 Å². The Morgan fingerprint density at radius 3 is 2.62 bits per heavy atom. The minimum absolute atomic E-state index is 0.279. The van der Waals surface area contributed by atoms with Gasteiger partial charge in [0.05, 0.1) is 0 Å². The molecule has 1 heterocycles. The van der Waals surface area contributed by atoms with Gasteiger partial charge in [0, 0.05) is 28.2 Å². The largest absolute Gasteiger partial charge is 0.508 e. The van der Waals surface area contributed by atoms with Crippen LogP contribution < -0.4 is 5.32 Å². The zero-order valence-electron chi connectivity index (χ0n) is 11.5. The molecule has 0 saturated heterocycles. The number of benzene rings is 2. The Morgan fingerprint density at radius 2 is 1.81 bits per heavy atom. The Labute approximate surface area is 127 Å². The monoisotopic (exact) mass is 299 g/mol. The third-order valence-corrected chi connectivity index (χ3v) is 4.64. The van der Waals surface area contributed by atoms with Crippen LogP contribution >= 0.6 is 11.3 Å². The molecule has 0 saturated carbocycles. The van der Waals surface area contributed by atoms with Gasteiger partial charge < -0.3 is 15.5 Å². The molecule has 1 atom stereocenters. The molecular weight excluding hydrogens is 282 g/mol. The van der Waals surface area contributed by atoms with Gasteiger partial charge in [-0.3, -0.25) is 0 Å². The number of thiophene rings is 1. The van der Waals surface area contributed by atoms with Gasteiger partial charge in [0.2, 0.25) is 0 Å². The molecule has 0 bridgehead atoms. The normalized spacial score (nSPS) is 12.6. The van der Waals surface area contributed by atoms with Crippen LogP contribution in [0.15, 0.2) is 54.6 Å². The third-order valence-electron chi connectivity index (χ3n) is 3.42. The standard InChI is InChI=1S/C17H17NO2S/c19-14-7-3-1-6-13(14)10-18-11-15(20)17-9-12-5-2-4-8-16(12)21-17/h1-9,15,18-20H,10-11H2. The van der Waals surface area contributed by atoms with Crippen LogP contribution in [0.5, 0.6) is 5.75 Å². The molecule has 3 N–H and O–H groups in total. The topological polar surface area (TPSA) is 52.5 Å². The zero-order valence-corrected chi connectivity index (χ0v) is 12.3. The van der Waals surface area contributed by atoms with E-state index in [1.54, 1.807) is 23.5 Å². The van der Waals surface area contributed by atoms with E-state index in [0.29, 0.717) is 13.1 Å². The van der Waals surface area contributed by atoms with Gasteiger partial charge in [-0.1, -0.05) is 36.4 Å². The SMILES string of the molecule is Oc1ccccc1CNCC(O)c1cc2ccccc2s1. The number of aliphatic hydroxyl groups excluding tert-OH is 1. The van der Waals surface area contributed by atoms with Crippen LogP contribution in [0.25, 0.3) is 10.1 Å². The molecule has 0 aliphatic carbocycles. The summed E-state index contributed by atoms with van der Waals surface area (Å²) >= 11 is 1.62. The fourth-order valence-electron chi connectivity index (χ4n) is 2.27. The summed E-state index contributed by atoms with van der Waals surface area (Å²) in [7, 11) is 0. The zero-order chi connectivity index (χ0) is 14.7. The summed E-state index contributed by atoms with van der Waals surface area (Å²) in [6, 6.07) is 17.4. The highest BCUT2D eigenvalue weighted by atomic mass is 32.1. The van der Waals surface area contributed by atoms with E-state index in [1.165, 1.54) is 4.70 Å². The van der Waals surface area contributed by atoms with E-state index in [0.717, 1.165) is 15.8 Å². The molecule has 1 aromatic heterocycles. The Morgan fingerprint density at radius 1 is 1.05 bits per heavy atom. The van der Waals surface area contributed by atoms with E-state index in [2.05, 4.69) is 17.4 Å². The molecule has 21 heavy (non-hydrogen) atoms. The summed E-state index contributed by atoms with van der Waals surface area (Å²) in [6.07, 6.45) is -0.534. The van der Waals surface area contributed by atoms with Gasteiger partial charge in [0.25, 0.3) is 0 Å². The number of phenolic OH excluding ortho intramolecular Hbond substituents is 1. The number of phenols is 1. The predicted molar refractivity (Wildman–Crippen MR) is 86.6 cm³/mol. The maximum absolute atomic E-state index is 10.3. The first-order chi connectivity index (χ1) is 10.2. The number of aliphatic hydroxyl groups is 1. The highest BCUT2D eigenvalue weighted by molar-refractivity contribution is 7.19. The summed E-state index contributed by atoms with van der Waals surface area (Å²) in [4.78, 5) is 0.959. The van der Waals surface area contributed by atoms with Crippen molar-refractivity contribution >= 4 is 21.4 Å². The van der Waals surface area contributed by atoms with Crippen molar-refractivity contribution in [3.8, 4) is 5.75 Å². The van der Waals surface area contributed by atoms with Gasteiger partial charge >= 0.3 is 0 Å². The molecule has 108 valence electrons. The second kappa shape index (κ2) is 6.26. The summed E-state index contributed by atoms with van der Waals surface area (Å²) in [5.74, 6) is 0.279. The van der Waals surface area contributed by atoms with Gasteiger partial charge in [-0.25, -0.2) is 0 Å². The number of aromatic hydroxyl groups is 1. The molecule has 1 unspecified atom stereocenters. The Bertz CT molecular complexity index is 705. The minimum atomic E-state index is -0.534. The van der Waals surface area contributed by atoms with Gasteiger partial charge in [-0.05, 0) is 23.6 Å². The molecule has 3 aromatic rings. The fourth-order valence-corrected chi connectivity index (χ4v) is 3.32. The maximum atomic E-state index is 10.3. The highest BCUT2D eigenvalue weighted by Crippen LogP contribution is 2.29. The lowest BCUT2D eigenvalue weighted by Gasteiger charge is -2.10. The summed E-state index contributed by atoms with van der Waals surface area (Å²) < 4.78 is 1.19. The van der Waals surface area contributed by atoms with E-state index < -0.39 is 6.10 Å². The van der Waals surface area contributed by atoms with Crippen molar-refractivity contribution in [1.29, 1.82) is 0 Å². The van der Waals surface area contributed by atoms with Crippen molar-refractivity contribution in [2.75, 3.05) is 6.54 Å². The highest BCUT2D eigenvalue weighted by Gasteiger charge is 2.11. The molecule has 3 nitrogen and oxygen atoms in total. The molecule has 4 heteroatoms. The van der Waals surface area contributed by atoms with Crippen LogP contribution in [0.4, 0.5) is 0 Å². The van der Waals surface area contributed by atoms with E-state index in [1.807, 2.05) is 30.3 Å². The Kier molecular flexibility index (Phi) is 4.20. The maximum Gasteiger partial charge on any atom is 0.120 e. The summed E-state index contributed by atoms with van der Waals surface area (Å²) in [6.45, 7) is 0.996. The van der Waals surface area contributed by atoms with Crippen molar-refractivity contribution in [3.63, 3.8) is 0 Å². The second-order valence-corrected chi connectivity index (χ2v) is 6.08. The summed E-state index contributed by atoms with van der Waals surface area (Å²) in [5.41, 5.74) is 0.834. The Balaban J connectivity index is 1.61. The van der Waals surface area contributed by atoms with Crippen LogP contribution in [0, 0.1) is 0 Å². The van der Waals surface area contributed by atoms with E-state index in [-0.39, 0.29) is 5.75 Å². The molecule has 0 spiro atoms. The fraction of sp³-hybridized carbons (Fsp3) is 0.176. The van der Waals surface area contributed by atoms with Crippen LogP contribution in [0.3, 0.4) is 0 Å². The average Bonchev–Trinajstić information content (AvgIpc) is 2.93. The van der Waals surface area contributed by atoms with Gasteiger partial charge in [0.1, 0.15) is 11.9 Å². The lowest BCUT2D eigenvalue weighted by Crippen LogP contribution is -2.20. The van der Waals surface area contributed by atoms with Crippen LogP contribution in [-0.4, -0.2) is 16.8 Å². The van der Waals surface area contributed by atoms with Crippen molar-refractivity contribution in [2.24, 2.45) is 0 Å². The lowest BCUT2D eigenvalue weighted by molar-refractivity contribution is 0.178. The average molecular weight is 299 g/mol. The first-order valence-corrected chi connectivity index (χ1v) is 7.70. The van der Waals surface area contributed by atoms with Crippen molar-refractivity contribution in [1.82, 2.24) is 5.32 Å². The van der Waals surface area contributed by atoms with Crippen molar-refractivity contribution in [3.05, 3.63) is 65.0 Å². The molecule has 0 amide bonds. The third kappa shape index (κ3) is 3.24. The number of hydrogen-bond acceptors (Lipinski definition) is 4. The van der Waals surface area contributed by atoms with Crippen LogP contribution in [0.2, 0.25) is 0 Å². The van der Waals surface area contributed by atoms with E-state index >= 15 is 0 Å². The minimum Gasteiger partial charge on any atom is -0.508 e. The van der Waals surface area contributed by atoms with Gasteiger partial charge in [-0.2, -0.15) is 0 Å². The van der Waals surface area contributed by atoms with Crippen molar-refractivity contribution < 1.29 is 10.2 Å². The number of para-hydroxylation sites is 1. The first kappa shape index (κ1) is 14.1. The number of rotatable bonds is 5. The second-order valence-electron chi connectivity index (χ2n) is 4.96. The molecule has 3 rings (SSSR count). The first-order valence-electron chi connectivity index (χ1n) is 6.88. The molecule has 0 aliphatic heterocycles. The number of nitrogens with one attached hydrogen (secondary N) is 1. The quantitative estimate of drug-likeness (QED) is 0.676. The Hall–Kier alpha value is -1.88. The number of fused-ring (bicyclic) bond motifs is 1. The molecule has 2 aromatic carbocycles. The van der Waals surface area contributed by atoms with Gasteiger partial charge in [-0.15, -0.1) is 11.3 Å². The predicted octanol–water partition coefficient (Wildman–Crippen LogP) is 3.43.